The van der Waals surface area contributed by atoms with Crippen LogP contribution in [0, 0.1) is 5.92 Å². The van der Waals surface area contributed by atoms with E-state index in [-0.39, 0.29) is 23.3 Å². The van der Waals surface area contributed by atoms with E-state index in [2.05, 4.69) is 30.7 Å². The van der Waals surface area contributed by atoms with E-state index in [1.54, 1.807) is 19.3 Å². The summed E-state index contributed by atoms with van der Waals surface area (Å²) >= 11 is 0. The van der Waals surface area contributed by atoms with Gasteiger partial charge in [0.2, 0.25) is 6.41 Å². The molecule has 14 heteroatoms. The van der Waals surface area contributed by atoms with E-state index < -0.39 is 18.9 Å². The zero-order valence-electron chi connectivity index (χ0n) is 19.0. The first-order chi connectivity index (χ1) is 16.6. The second-order valence-corrected chi connectivity index (χ2v) is 8.64. The molecular formula is C21H25F3N6O5. The summed E-state index contributed by atoms with van der Waals surface area (Å²) in [7, 11) is 3.00. The Balaban J connectivity index is 0.000000301. The van der Waals surface area contributed by atoms with Gasteiger partial charge in [-0.3, -0.25) is 24.1 Å². The second-order valence-electron chi connectivity index (χ2n) is 8.64. The molecule has 3 heterocycles. The molecule has 190 valence electrons. The molecule has 35 heavy (non-hydrogen) atoms. The number of hydrogen-bond donors (Lipinski definition) is 3. The number of rotatable bonds is 8. The van der Waals surface area contributed by atoms with Gasteiger partial charge in [-0.15, -0.1) is 13.2 Å². The Morgan fingerprint density at radius 2 is 2.11 bits per heavy atom. The molecule has 11 nitrogen and oxygen atoms in total. The van der Waals surface area contributed by atoms with Crippen LogP contribution in [0.4, 0.5) is 19.0 Å². The number of aromatic nitrogens is 4. The number of halogens is 3. The van der Waals surface area contributed by atoms with E-state index in [9.17, 15) is 22.8 Å². The number of H-pyrrole nitrogens is 1. The van der Waals surface area contributed by atoms with E-state index in [0.717, 1.165) is 17.0 Å². The van der Waals surface area contributed by atoms with Crippen LogP contribution in [-0.2, 0) is 32.7 Å². The first kappa shape index (κ1) is 24.7. The summed E-state index contributed by atoms with van der Waals surface area (Å²) in [5, 5.41) is 15.9. The van der Waals surface area contributed by atoms with Crippen molar-refractivity contribution in [3.05, 3.63) is 35.3 Å². The second kappa shape index (κ2) is 9.70. The lowest BCUT2D eigenvalue weighted by atomic mass is 9.50. The highest BCUT2D eigenvalue weighted by Crippen LogP contribution is 2.56. The minimum atomic E-state index is -4.77. The maximum Gasteiger partial charge on any atom is 0.522 e. The standard InChI is InChI=1S/C15H16F3N5O4.C6H9NO/c1-23-11(3-8(22-23)6-27-15(16,17)18)14(24)19-13-5-10(20-21-13)12-4-9(25-2)7-26-12;8-4-7-6-1-5(2-6)3-6/h3-5,9H,6-7H2,1-2H3,(H2,19,20,21,24);4-5H,1-3H2,(H,7,8). The fourth-order valence-corrected chi connectivity index (χ4v) is 4.18. The lowest BCUT2D eigenvalue weighted by molar-refractivity contribution is -0.330. The fourth-order valence-electron chi connectivity index (χ4n) is 4.18. The number of hydrogen-bond acceptors (Lipinski definition) is 7. The van der Waals surface area contributed by atoms with Crippen molar-refractivity contribution in [2.45, 2.75) is 43.9 Å². The van der Waals surface area contributed by atoms with Crippen molar-refractivity contribution < 1.29 is 37.0 Å². The third kappa shape index (κ3) is 5.82. The van der Waals surface area contributed by atoms with Crippen LogP contribution >= 0.6 is 0 Å². The fraction of sp³-hybridized carbons (Fsp3) is 0.524. The lowest BCUT2D eigenvalue weighted by Gasteiger charge is -2.61. The average molecular weight is 498 g/mol. The maximum absolute atomic E-state index is 12.3. The number of aryl methyl sites for hydroxylation is 1. The van der Waals surface area contributed by atoms with E-state index in [4.69, 9.17) is 9.47 Å². The molecule has 2 aromatic heterocycles. The molecule has 1 atom stereocenters. The highest BCUT2D eigenvalue weighted by Gasteiger charge is 2.56. The zero-order chi connectivity index (χ0) is 25.2. The average Bonchev–Trinajstić information content (AvgIpc) is 3.47. The molecule has 2 aromatic rings. The Kier molecular flexibility index (Phi) is 6.85. The summed E-state index contributed by atoms with van der Waals surface area (Å²) in [6.45, 7) is -0.409. The van der Waals surface area contributed by atoms with Crippen molar-refractivity contribution in [3.8, 4) is 0 Å². The molecule has 6 rings (SSSR count). The van der Waals surface area contributed by atoms with Crippen LogP contribution < -0.4 is 10.6 Å². The number of methoxy groups -OCH3 is 1. The number of alkyl halides is 3. The van der Waals surface area contributed by atoms with Crippen LogP contribution in [-0.4, -0.2) is 64.0 Å². The minimum Gasteiger partial charge on any atom is -0.489 e. The van der Waals surface area contributed by atoms with E-state index in [0.29, 0.717) is 23.6 Å². The van der Waals surface area contributed by atoms with Gasteiger partial charge in [0.25, 0.3) is 5.91 Å². The number of aromatic amines is 1. The Hall–Kier alpha value is -3.39. The minimum absolute atomic E-state index is 0.0298. The van der Waals surface area contributed by atoms with Crippen molar-refractivity contribution in [3.63, 3.8) is 0 Å². The summed E-state index contributed by atoms with van der Waals surface area (Å²) in [4.78, 5) is 22.3. The molecule has 3 fully saturated rings. The molecule has 0 aromatic carbocycles. The molecule has 2 amide bonds. The summed E-state index contributed by atoms with van der Waals surface area (Å²) in [5.41, 5.74) is 0.870. The molecule has 3 aliphatic carbocycles. The van der Waals surface area contributed by atoms with Crippen LogP contribution in [0.5, 0.6) is 0 Å². The quantitative estimate of drug-likeness (QED) is 0.475. The van der Waals surface area contributed by atoms with Crippen LogP contribution in [0.15, 0.2) is 18.2 Å². The summed E-state index contributed by atoms with van der Waals surface area (Å²) in [6.07, 6.45) is 1.39. The van der Waals surface area contributed by atoms with Crippen molar-refractivity contribution >= 4 is 23.9 Å². The van der Waals surface area contributed by atoms with Gasteiger partial charge in [-0.1, -0.05) is 0 Å². The number of nitrogens with zero attached hydrogens (tertiary/aromatic N) is 3. The molecular weight excluding hydrogens is 473 g/mol. The van der Waals surface area contributed by atoms with E-state index in [1.807, 2.05) is 0 Å². The van der Waals surface area contributed by atoms with Crippen molar-refractivity contribution in [2.75, 3.05) is 19.0 Å². The predicted octanol–water partition coefficient (Wildman–Crippen LogP) is 2.10. The summed E-state index contributed by atoms with van der Waals surface area (Å²) in [6, 6.07) is 2.77. The largest absolute Gasteiger partial charge is 0.522 e. The molecule has 1 aliphatic heterocycles. The molecule has 4 aliphatic rings. The van der Waals surface area contributed by atoms with Crippen LogP contribution in [0.1, 0.15) is 41.1 Å². The predicted molar refractivity (Wildman–Crippen MR) is 115 cm³/mol. The molecule has 1 unspecified atom stereocenters. The Bertz CT molecular complexity index is 1090. The number of carbonyl (C=O) groups is 2. The smallest absolute Gasteiger partial charge is 0.489 e. The third-order valence-electron chi connectivity index (χ3n) is 6.08. The van der Waals surface area contributed by atoms with Gasteiger partial charge >= 0.3 is 6.36 Å². The number of amides is 2. The normalized spacial score (nSPS) is 24.2. The van der Waals surface area contributed by atoms with E-state index >= 15 is 0 Å². The summed E-state index contributed by atoms with van der Waals surface area (Å²) in [5.74, 6) is 1.14. The monoisotopic (exact) mass is 498 g/mol. The van der Waals surface area contributed by atoms with E-state index in [1.165, 1.54) is 32.4 Å². The van der Waals surface area contributed by atoms with Gasteiger partial charge in [-0.25, -0.2) is 0 Å². The molecule has 3 saturated carbocycles. The van der Waals surface area contributed by atoms with Crippen LogP contribution in [0.2, 0.25) is 0 Å². The molecule has 3 N–H and O–H groups in total. The molecule has 0 spiro atoms. The Morgan fingerprint density at radius 1 is 1.37 bits per heavy atom. The Labute approximate surface area is 198 Å². The van der Waals surface area contributed by atoms with Gasteiger partial charge in [0.1, 0.15) is 36.5 Å². The first-order valence-corrected chi connectivity index (χ1v) is 10.8. The number of ether oxygens (including phenoxy) is 3. The van der Waals surface area contributed by atoms with Gasteiger partial charge < -0.3 is 20.1 Å². The Morgan fingerprint density at radius 3 is 2.66 bits per heavy atom. The number of nitrogens with one attached hydrogen (secondary N) is 3. The molecule has 2 bridgehead atoms. The highest BCUT2D eigenvalue weighted by molar-refractivity contribution is 6.02. The maximum atomic E-state index is 12.3. The lowest BCUT2D eigenvalue weighted by Crippen LogP contribution is -2.66. The first-order valence-electron chi connectivity index (χ1n) is 10.8. The zero-order valence-corrected chi connectivity index (χ0v) is 19.0. The molecule has 0 radical (unpaired) electrons. The third-order valence-corrected chi connectivity index (χ3v) is 6.08. The van der Waals surface area contributed by atoms with Crippen LogP contribution in [0.3, 0.4) is 0 Å². The highest BCUT2D eigenvalue weighted by atomic mass is 19.4. The van der Waals surface area contributed by atoms with Crippen molar-refractivity contribution in [1.29, 1.82) is 0 Å². The van der Waals surface area contributed by atoms with Crippen LogP contribution in [0.25, 0.3) is 5.76 Å². The van der Waals surface area contributed by atoms with Gasteiger partial charge in [-0.2, -0.15) is 10.2 Å². The number of anilines is 1. The van der Waals surface area contributed by atoms with Gasteiger partial charge in [0, 0.05) is 25.8 Å². The summed E-state index contributed by atoms with van der Waals surface area (Å²) < 4.78 is 51.8. The van der Waals surface area contributed by atoms with Gasteiger partial charge in [-0.05, 0) is 37.3 Å². The topological polar surface area (TPSA) is 132 Å². The van der Waals surface area contributed by atoms with Gasteiger partial charge in [0.05, 0.1) is 5.69 Å². The SMILES string of the molecule is COC1C=C(c2cc(NC(=O)c3cc(COC(F)(F)F)nn3C)n[nH]2)OC1.O=CNC12CC(C1)C2. The van der Waals surface area contributed by atoms with Gasteiger partial charge in [0.15, 0.2) is 5.82 Å². The number of carbonyl (C=O) groups excluding carboxylic acids is 2. The van der Waals surface area contributed by atoms with Crippen molar-refractivity contribution in [2.24, 2.45) is 13.0 Å². The van der Waals surface area contributed by atoms with Crippen molar-refractivity contribution in [1.82, 2.24) is 25.3 Å². The molecule has 0 saturated heterocycles.